The number of rotatable bonds is 4. The summed E-state index contributed by atoms with van der Waals surface area (Å²) in [7, 11) is 0. The molecule has 0 radical (unpaired) electrons. The monoisotopic (exact) mass is 319 g/mol. The lowest BCUT2D eigenvalue weighted by atomic mass is 10.2. The SMILES string of the molecule is O=Nc1ccc(NNC(=O)c2ccccc2Br)cc1. The summed E-state index contributed by atoms with van der Waals surface area (Å²) in [6.07, 6.45) is 0. The summed E-state index contributed by atoms with van der Waals surface area (Å²) in [6.45, 7) is 0. The van der Waals surface area contributed by atoms with Gasteiger partial charge in [0, 0.05) is 4.47 Å². The van der Waals surface area contributed by atoms with Gasteiger partial charge in [-0.2, -0.15) is 0 Å². The van der Waals surface area contributed by atoms with Gasteiger partial charge in [0.2, 0.25) is 0 Å². The van der Waals surface area contributed by atoms with Gasteiger partial charge in [-0.1, -0.05) is 12.1 Å². The molecule has 1 amide bonds. The van der Waals surface area contributed by atoms with Gasteiger partial charge in [-0.25, -0.2) is 0 Å². The molecule has 2 aromatic carbocycles. The van der Waals surface area contributed by atoms with E-state index in [1.165, 1.54) is 0 Å². The smallest absolute Gasteiger partial charge is 0.270 e. The van der Waals surface area contributed by atoms with E-state index in [-0.39, 0.29) is 5.91 Å². The van der Waals surface area contributed by atoms with Crippen molar-refractivity contribution in [3.05, 3.63) is 63.5 Å². The summed E-state index contributed by atoms with van der Waals surface area (Å²) in [6, 6.07) is 13.5. The molecule has 0 heterocycles. The third kappa shape index (κ3) is 3.38. The molecule has 5 nitrogen and oxygen atoms in total. The first-order valence-electron chi connectivity index (χ1n) is 5.45. The molecule has 2 aromatic rings. The minimum atomic E-state index is -0.259. The van der Waals surface area contributed by atoms with Crippen LogP contribution in [0.4, 0.5) is 11.4 Å². The van der Waals surface area contributed by atoms with Gasteiger partial charge in [0.15, 0.2) is 0 Å². The molecule has 0 aliphatic carbocycles. The minimum Gasteiger partial charge on any atom is -0.298 e. The third-order valence-electron chi connectivity index (χ3n) is 2.41. The molecular formula is C13H10BrN3O2. The second-order valence-corrected chi connectivity index (χ2v) is 4.55. The zero-order valence-electron chi connectivity index (χ0n) is 9.76. The van der Waals surface area contributed by atoms with E-state index in [0.717, 1.165) is 4.47 Å². The highest BCUT2D eigenvalue weighted by molar-refractivity contribution is 9.10. The van der Waals surface area contributed by atoms with E-state index in [9.17, 15) is 9.70 Å². The maximum Gasteiger partial charge on any atom is 0.270 e. The molecule has 0 unspecified atom stereocenters. The molecule has 0 aliphatic heterocycles. The topological polar surface area (TPSA) is 70.6 Å². The van der Waals surface area contributed by atoms with Crippen molar-refractivity contribution < 1.29 is 4.79 Å². The first kappa shape index (κ1) is 13.2. The molecule has 0 atom stereocenters. The van der Waals surface area contributed by atoms with Crippen LogP contribution in [-0.4, -0.2) is 5.91 Å². The van der Waals surface area contributed by atoms with Crippen LogP contribution in [0.25, 0.3) is 0 Å². The predicted molar refractivity (Wildman–Crippen MR) is 77.1 cm³/mol. The Morgan fingerprint density at radius 1 is 1.05 bits per heavy atom. The fourth-order valence-electron chi connectivity index (χ4n) is 1.45. The van der Waals surface area contributed by atoms with Crippen LogP contribution in [0.5, 0.6) is 0 Å². The number of nitrogens with zero attached hydrogens (tertiary/aromatic N) is 1. The third-order valence-corrected chi connectivity index (χ3v) is 3.10. The number of carbonyl (C=O) groups excluding carboxylic acids is 1. The van der Waals surface area contributed by atoms with Crippen molar-refractivity contribution in [1.29, 1.82) is 0 Å². The number of hydrazine groups is 1. The number of anilines is 1. The average Bonchev–Trinajstić information content (AvgIpc) is 2.46. The number of benzene rings is 2. The summed E-state index contributed by atoms with van der Waals surface area (Å²) in [5.41, 5.74) is 6.85. The van der Waals surface area contributed by atoms with E-state index < -0.39 is 0 Å². The molecule has 2 N–H and O–H groups in total. The van der Waals surface area contributed by atoms with E-state index in [1.807, 2.05) is 6.07 Å². The van der Waals surface area contributed by atoms with Crippen LogP contribution in [0.15, 0.2) is 58.2 Å². The second kappa shape index (κ2) is 6.10. The molecule has 96 valence electrons. The van der Waals surface area contributed by atoms with E-state index in [2.05, 4.69) is 32.0 Å². The van der Waals surface area contributed by atoms with E-state index in [4.69, 9.17) is 0 Å². The zero-order valence-corrected chi connectivity index (χ0v) is 11.3. The van der Waals surface area contributed by atoms with Crippen molar-refractivity contribution in [3.8, 4) is 0 Å². The quantitative estimate of drug-likeness (QED) is 0.668. The molecule has 0 fully saturated rings. The standard InChI is InChI=1S/C13H10BrN3O2/c14-12-4-2-1-3-11(12)13(18)16-15-9-5-7-10(17-19)8-6-9/h1-8,15H,(H,16,18). The molecule has 0 saturated carbocycles. The molecule has 0 aromatic heterocycles. The number of nitrogens with one attached hydrogen (secondary N) is 2. The molecular weight excluding hydrogens is 310 g/mol. The van der Waals surface area contributed by atoms with Crippen LogP contribution in [0.2, 0.25) is 0 Å². The predicted octanol–water partition coefficient (Wildman–Crippen LogP) is 3.60. The molecule has 19 heavy (non-hydrogen) atoms. The molecule has 0 bridgehead atoms. The first-order chi connectivity index (χ1) is 9.20. The van der Waals surface area contributed by atoms with Crippen molar-refractivity contribution in [3.63, 3.8) is 0 Å². The zero-order chi connectivity index (χ0) is 13.7. The Labute approximate surface area is 118 Å². The summed E-state index contributed by atoms with van der Waals surface area (Å²) < 4.78 is 0.717. The van der Waals surface area contributed by atoms with Crippen LogP contribution < -0.4 is 10.9 Å². The van der Waals surface area contributed by atoms with Gasteiger partial charge < -0.3 is 0 Å². The van der Waals surface area contributed by atoms with Crippen molar-refractivity contribution in [2.45, 2.75) is 0 Å². The van der Waals surface area contributed by atoms with Crippen molar-refractivity contribution >= 4 is 33.2 Å². The Hall–Kier alpha value is -2.21. The van der Waals surface area contributed by atoms with E-state index >= 15 is 0 Å². The maximum absolute atomic E-state index is 11.9. The van der Waals surface area contributed by atoms with Gasteiger partial charge in [-0.05, 0) is 57.5 Å². The van der Waals surface area contributed by atoms with Crippen LogP contribution in [-0.2, 0) is 0 Å². The lowest BCUT2D eigenvalue weighted by Gasteiger charge is -2.09. The van der Waals surface area contributed by atoms with Gasteiger partial charge in [0.25, 0.3) is 5.91 Å². The fraction of sp³-hybridized carbons (Fsp3) is 0. The fourth-order valence-corrected chi connectivity index (χ4v) is 1.91. The summed E-state index contributed by atoms with van der Waals surface area (Å²) in [4.78, 5) is 22.2. The highest BCUT2D eigenvalue weighted by Gasteiger charge is 2.08. The molecule has 6 heteroatoms. The van der Waals surface area contributed by atoms with Crippen LogP contribution in [0, 0.1) is 4.91 Å². The molecule has 0 spiro atoms. The lowest BCUT2D eigenvalue weighted by molar-refractivity contribution is 0.0962. The van der Waals surface area contributed by atoms with Crippen LogP contribution in [0.3, 0.4) is 0 Å². The van der Waals surface area contributed by atoms with Gasteiger partial charge in [0.05, 0.1) is 11.3 Å². The van der Waals surface area contributed by atoms with Gasteiger partial charge in [-0.15, -0.1) is 4.91 Å². The second-order valence-electron chi connectivity index (χ2n) is 3.70. The van der Waals surface area contributed by atoms with Gasteiger partial charge >= 0.3 is 0 Å². The Morgan fingerprint density at radius 2 is 1.74 bits per heavy atom. The molecule has 0 aliphatic rings. The normalized spacial score (nSPS) is 9.74. The van der Waals surface area contributed by atoms with Crippen molar-refractivity contribution in [2.75, 3.05) is 5.43 Å². The van der Waals surface area contributed by atoms with Crippen molar-refractivity contribution in [1.82, 2.24) is 5.43 Å². The Morgan fingerprint density at radius 3 is 2.37 bits per heavy atom. The average molecular weight is 320 g/mol. The highest BCUT2D eigenvalue weighted by Crippen LogP contribution is 2.17. The van der Waals surface area contributed by atoms with E-state index in [0.29, 0.717) is 16.9 Å². The lowest BCUT2D eigenvalue weighted by Crippen LogP contribution is -2.29. The largest absolute Gasteiger partial charge is 0.298 e. The number of amides is 1. The number of carbonyl (C=O) groups is 1. The molecule has 2 rings (SSSR count). The number of nitroso groups, excluding NO2 is 1. The van der Waals surface area contributed by atoms with Gasteiger partial charge in [0.1, 0.15) is 5.69 Å². The van der Waals surface area contributed by atoms with Crippen LogP contribution in [0.1, 0.15) is 10.4 Å². The molecule has 0 saturated heterocycles. The van der Waals surface area contributed by atoms with Crippen molar-refractivity contribution in [2.24, 2.45) is 5.18 Å². The van der Waals surface area contributed by atoms with Gasteiger partial charge in [-0.3, -0.25) is 15.6 Å². The summed E-state index contributed by atoms with van der Waals surface area (Å²) >= 11 is 3.31. The maximum atomic E-state index is 11.9. The summed E-state index contributed by atoms with van der Waals surface area (Å²) in [5, 5.41) is 2.79. The summed E-state index contributed by atoms with van der Waals surface area (Å²) in [5.74, 6) is -0.259. The number of halogens is 1. The van der Waals surface area contributed by atoms with E-state index in [1.54, 1.807) is 42.5 Å². The Bertz CT molecular complexity index is 599. The minimum absolute atomic E-state index is 0.259. The Balaban J connectivity index is 2.00. The number of hydrogen-bond acceptors (Lipinski definition) is 4. The first-order valence-corrected chi connectivity index (χ1v) is 6.24. The highest BCUT2D eigenvalue weighted by atomic mass is 79.9. The van der Waals surface area contributed by atoms with Crippen LogP contribution >= 0.6 is 15.9 Å². The Kier molecular flexibility index (Phi) is 4.25. The number of hydrogen-bond donors (Lipinski definition) is 2.